The highest BCUT2D eigenvalue weighted by Gasteiger charge is 2.26. The zero-order valence-corrected chi connectivity index (χ0v) is 18.0. The predicted molar refractivity (Wildman–Crippen MR) is 115 cm³/mol. The van der Waals surface area contributed by atoms with Gasteiger partial charge in [-0.1, -0.05) is 18.2 Å². The highest BCUT2D eigenvalue weighted by molar-refractivity contribution is 9.10. The SMILES string of the molecule is CCOc1cc(/C=C2\N=C(c3ccco3)OC2=O)cc(Br)c1OCc1ccccc1F. The molecule has 0 spiro atoms. The number of carbonyl (C=O) groups excluding carboxylic acids is 1. The van der Waals surface area contributed by atoms with Gasteiger partial charge in [-0.15, -0.1) is 0 Å². The van der Waals surface area contributed by atoms with Crippen LogP contribution in [0.2, 0.25) is 0 Å². The summed E-state index contributed by atoms with van der Waals surface area (Å²) in [5.41, 5.74) is 1.20. The fraction of sp³-hybridized carbons (Fsp3) is 0.130. The Kier molecular flexibility index (Phi) is 6.18. The van der Waals surface area contributed by atoms with Gasteiger partial charge in [-0.05, 0) is 64.8 Å². The molecule has 0 aliphatic carbocycles. The minimum absolute atomic E-state index is 0.0366. The molecule has 1 aliphatic heterocycles. The minimum atomic E-state index is -0.583. The van der Waals surface area contributed by atoms with Gasteiger partial charge in [0.2, 0.25) is 0 Å². The Morgan fingerprint density at radius 1 is 1.16 bits per heavy atom. The lowest BCUT2D eigenvalue weighted by molar-refractivity contribution is -0.130. The third kappa shape index (κ3) is 4.69. The normalized spacial score (nSPS) is 14.5. The fourth-order valence-corrected chi connectivity index (χ4v) is 3.49. The summed E-state index contributed by atoms with van der Waals surface area (Å²) in [5, 5.41) is 0. The molecule has 2 heterocycles. The van der Waals surface area contributed by atoms with Crippen LogP contribution < -0.4 is 9.47 Å². The maximum Gasteiger partial charge on any atom is 0.363 e. The summed E-state index contributed by atoms with van der Waals surface area (Å²) in [6.07, 6.45) is 3.05. The molecule has 2 aromatic carbocycles. The molecule has 0 saturated carbocycles. The summed E-state index contributed by atoms with van der Waals surface area (Å²) in [4.78, 5) is 16.4. The molecule has 158 valence electrons. The molecule has 0 atom stereocenters. The monoisotopic (exact) mass is 485 g/mol. The van der Waals surface area contributed by atoms with E-state index in [0.717, 1.165) is 0 Å². The number of hydrogen-bond donors (Lipinski definition) is 0. The highest BCUT2D eigenvalue weighted by atomic mass is 79.9. The van der Waals surface area contributed by atoms with Crippen LogP contribution >= 0.6 is 15.9 Å². The molecular formula is C23H17BrFNO5. The predicted octanol–water partition coefficient (Wildman–Crippen LogP) is 5.50. The number of carbonyl (C=O) groups is 1. The highest BCUT2D eigenvalue weighted by Crippen LogP contribution is 2.38. The van der Waals surface area contributed by atoms with E-state index in [1.54, 1.807) is 48.5 Å². The minimum Gasteiger partial charge on any atom is -0.490 e. The van der Waals surface area contributed by atoms with Crippen molar-refractivity contribution >= 4 is 33.9 Å². The smallest absolute Gasteiger partial charge is 0.363 e. The molecule has 0 fully saturated rings. The summed E-state index contributed by atoms with van der Waals surface area (Å²) in [7, 11) is 0. The van der Waals surface area contributed by atoms with Crippen molar-refractivity contribution in [2.24, 2.45) is 4.99 Å². The average Bonchev–Trinajstić information content (AvgIpc) is 3.39. The summed E-state index contributed by atoms with van der Waals surface area (Å²) in [6, 6.07) is 13.2. The second-order valence-electron chi connectivity index (χ2n) is 6.46. The van der Waals surface area contributed by atoms with Crippen molar-refractivity contribution in [1.29, 1.82) is 0 Å². The standard InChI is InChI=1S/C23H17BrFNO5/c1-2-28-20-12-14(11-18-23(27)31-22(26-18)19-8-5-9-29-19)10-16(24)21(20)30-13-15-6-3-4-7-17(15)25/h3-12H,2,13H2,1H3/b18-11-. The first-order valence-electron chi connectivity index (χ1n) is 9.44. The third-order valence-corrected chi connectivity index (χ3v) is 4.91. The number of rotatable bonds is 7. The molecule has 0 N–H and O–H groups in total. The van der Waals surface area contributed by atoms with Crippen LogP contribution in [0.3, 0.4) is 0 Å². The van der Waals surface area contributed by atoms with Crippen LogP contribution in [0.5, 0.6) is 11.5 Å². The van der Waals surface area contributed by atoms with Gasteiger partial charge in [0.15, 0.2) is 23.0 Å². The molecule has 6 nitrogen and oxygen atoms in total. The van der Waals surface area contributed by atoms with Crippen LogP contribution in [0.4, 0.5) is 4.39 Å². The van der Waals surface area contributed by atoms with Gasteiger partial charge in [0.25, 0.3) is 5.90 Å². The Labute approximate surface area is 186 Å². The number of hydrogen-bond acceptors (Lipinski definition) is 6. The molecular weight excluding hydrogens is 469 g/mol. The van der Waals surface area contributed by atoms with Crippen molar-refractivity contribution in [2.45, 2.75) is 13.5 Å². The first-order chi connectivity index (χ1) is 15.0. The number of esters is 1. The van der Waals surface area contributed by atoms with Gasteiger partial charge in [-0.25, -0.2) is 14.2 Å². The number of halogens is 2. The van der Waals surface area contributed by atoms with Crippen molar-refractivity contribution in [3.05, 3.63) is 87.7 Å². The molecule has 0 radical (unpaired) electrons. The van der Waals surface area contributed by atoms with Crippen LogP contribution in [0, 0.1) is 5.82 Å². The first kappa shape index (κ1) is 20.9. The van der Waals surface area contributed by atoms with Gasteiger partial charge in [-0.3, -0.25) is 0 Å². The van der Waals surface area contributed by atoms with E-state index in [1.807, 2.05) is 6.92 Å². The van der Waals surface area contributed by atoms with Crippen molar-refractivity contribution in [2.75, 3.05) is 6.61 Å². The lowest BCUT2D eigenvalue weighted by atomic mass is 10.1. The Hall–Kier alpha value is -3.39. The molecule has 0 amide bonds. The van der Waals surface area contributed by atoms with E-state index in [4.69, 9.17) is 18.6 Å². The van der Waals surface area contributed by atoms with Crippen LogP contribution in [0.25, 0.3) is 6.08 Å². The van der Waals surface area contributed by atoms with Gasteiger partial charge in [0.05, 0.1) is 17.3 Å². The second-order valence-corrected chi connectivity index (χ2v) is 7.31. The average molecular weight is 486 g/mol. The molecule has 1 aromatic heterocycles. The topological polar surface area (TPSA) is 70.3 Å². The molecule has 4 rings (SSSR count). The fourth-order valence-electron chi connectivity index (χ4n) is 2.91. The Bertz CT molecular complexity index is 1170. The van der Waals surface area contributed by atoms with Crippen molar-refractivity contribution < 1.29 is 27.8 Å². The molecule has 8 heteroatoms. The molecule has 3 aromatic rings. The quantitative estimate of drug-likeness (QED) is 0.326. The van der Waals surface area contributed by atoms with Gasteiger partial charge < -0.3 is 18.6 Å². The maximum absolute atomic E-state index is 13.9. The number of cyclic esters (lactones) is 1. The van der Waals surface area contributed by atoms with Crippen molar-refractivity contribution in [3.8, 4) is 11.5 Å². The van der Waals surface area contributed by atoms with Crippen LogP contribution in [0.1, 0.15) is 23.8 Å². The van der Waals surface area contributed by atoms with E-state index in [9.17, 15) is 9.18 Å². The Morgan fingerprint density at radius 2 is 2.00 bits per heavy atom. The van der Waals surface area contributed by atoms with Gasteiger partial charge in [0.1, 0.15) is 12.4 Å². The summed E-state index contributed by atoms with van der Waals surface area (Å²) >= 11 is 3.47. The number of nitrogens with zero attached hydrogens (tertiary/aromatic N) is 1. The zero-order valence-electron chi connectivity index (χ0n) is 16.4. The zero-order chi connectivity index (χ0) is 21.8. The second kappa shape index (κ2) is 9.18. The van der Waals surface area contributed by atoms with Crippen LogP contribution in [-0.4, -0.2) is 18.5 Å². The summed E-state index contributed by atoms with van der Waals surface area (Å²) in [6.45, 7) is 2.27. The summed E-state index contributed by atoms with van der Waals surface area (Å²) < 4.78 is 36.4. The number of furan rings is 1. The van der Waals surface area contributed by atoms with E-state index < -0.39 is 5.97 Å². The van der Waals surface area contributed by atoms with Crippen LogP contribution in [0.15, 0.2) is 74.4 Å². The van der Waals surface area contributed by atoms with E-state index in [-0.39, 0.29) is 24.0 Å². The summed E-state index contributed by atoms with van der Waals surface area (Å²) in [5.74, 6) is 0.422. The van der Waals surface area contributed by atoms with Gasteiger partial charge in [0, 0.05) is 5.56 Å². The number of ether oxygens (including phenoxy) is 3. The first-order valence-corrected chi connectivity index (χ1v) is 10.2. The molecule has 0 bridgehead atoms. The van der Waals surface area contributed by atoms with E-state index in [1.165, 1.54) is 12.3 Å². The molecule has 1 aliphatic rings. The van der Waals surface area contributed by atoms with E-state index in [0.29, 0.717) is 39.5 Å². The van der Waals surface area contributed by atoms with Crippen molar-refractivity contribution in [3.63, 3.8) is 0 Å². The largest absolute Gasteiger partial charge is 0.490 e. The molecule has 31 heavy (non-hydrogen) atoms. The number of aliphatic imine (C=N–C) groups is 1. The third-order valence-electron chi connectivity index (χ3n) is 4.32. The van der Waals surface area contributed by atoms with Crippen molar-refractivity contribution in [1.82, 2.24) is 0 Å². The van der Waals surface area contributed by atoms with Gasteiger partial charge in [-0.2, -0.15) is 0 Å². The molecule has 0 unspecified atom stereocenters. The van der Waals surface area contributed by atoms with E-state index >= 15 is 0 Å². The lowest BCUT2D eigenvalue weighted by Gasteiger charge is -2.15. The number of benzene rings is 2. The van der Waals surface area contributed by atoms with Crippen LogP contribution in [-0.2, 0) is 16.1 Å². The van der Waals surface area contributed by atoms with E-state index in [2.05, 4.69) is 20.9 Å². The molecule has 0 saturated heterocycles. The Morgan fingerprint density at radius 3 is 2.74 bits per heavy atom. The maximum atomic E-state index is 13.9. The van der Waals surface area contributed by atoms with Gasteiger partial charge >= 0.3 is 5.97 Å². The Balaban J connectivity index is 1.62. The lowest BCUT2D eigenvalue weighted by Crippen LogP contribution is -2.04.